The van der Waals surface area contributed by atoms with Crippen molar-refractivity contribution in [3.63, 3.8) is 0 Å². The third kappa shape index (κ3) is 5.92. The van der Waals surface area contributed by atoms with E-state index in [9.17, 15) is 9.59 Å². The van der Waals surface area contributed by atoms with E-state index in [2.05, 4.69) is 13.8 Å². The quantitative estimate of drug-likeness (QED) is 0.751. The molecule has 0 aromatic heterocycles. The molecule has 0 aliphatic carbocycles. The van der Waals surface area contributed by atoms with Crippen molar-refractivity contribution in [1.29, 1.82) is 0 Å². The van der Waals surface area contributed by atoms with Gasteiger partial charge in [-0.15, -0.1) is 0 Å². The van der Waals surface area contributed by atoms with Crippen molar-refractivity contribution < 1.29 is 14.3 Å². The molecule has 26 heavy (non-hydrogen) atoms. The molecular formula is C21H26N2O3. The van der Waals surface area contributed by atoms with Crippen LogP contribution < -0.4 is 10.5 Å². The van der Waals surface area contributed by atoms with E-state index in [0.29, 0.717) is 30.4 Å². The fourth-order valence-electron chi connectivity index (χ4n) is 2.50. The number of ether oxygens (including phenoxy) is 1. The lowest BCUT2D eigenvalue weighted by atomic mass is 10.1. The van der Waals surface area contributed by atoms with E-state index in [4.69, 9.17) is 10.5 Å². The molecule has 5 nitrogen and oxygen atoms in total. The Hall–Kier alpha value is -2.82. The summed E-state index contributed by atoms with van der Waals surface area (Å²) in [5.74, 6) is 0.312. The largest absolute Gasteiger partial charge is 0.492 e. The number of rotatable bonds is 9. The summed E-state index contributed by atoms with van der Waals surface area (Å²) in [6.07, 6.45) is 0.119. The molecule has 0 spiro atoms. The maximum atomic E-state index is 13.1. The van der Waals surface area contributed by atoms with Gasteiger partial charge < -0.3 is 15.4 Å². The predicted molar refractivity (Wildman–Crippen MR) is 102 cm³/mol. The second kappa shape index (κ2) is 9.61. The van der Waals surface area contributed by atoms with Crippen LogP contribution in [0, 0.1) is 5.92 Å². The third-order valence-corrected chi connectivity index (χ3v) is 3.82. The molecule has 2 aromatic rings. The van der Waals surface area contributed by atoms with Gasteiger partial charge in [0.2, 0.25) is 5.91 Å². The van der Waals surface area contributed by atoms with Crippen LogP contribution in [0.25, 0.3) is 0 Å². The Bertz CT molecular complexity index is 729. The number of hydrogen-bond donors (Lipinski definition) is 1. The van der Waals surface area contributed by atoms with Crippen LogP contribution in [-0.2, 0) is 11.3 Å². The minimum absolute atomic E-state index is 0.119. The Morgan fingerprint density at radius 3 is 2.35 bits per heavy atom. The van der Waals surface area contributed by atoms with E-state index in [1.165, 1.54) is 0 Å². The molecule has 0 heterocycles. The molecule has 138 valence electrons. The molecule has 0 bridgehead atoms. The summed E-state index contributed by atoms with van der Waals surface area (Å²) in [5, 5.41) is 0. The normalized spacial score (nSPS) is 10.6. The lowest BCUT2D eigenvalue weighted by Crippen LogP contribution is -2.34. The van der Waals surface area contributed by atoms with Crippen LogP contribution in [0.4, 0.5) is 0 Å². The molecule has 2 rings (SSSR count). The second-order valence-corrected chi connectivity index (χ2v) is 6.63. The van der Waals surface area contributed by atoms with Gasteiger partial charge in [-0.25, -0.2) is 0 Å². The molecule has 0 saturated heterocycles. The van der Waals surface area contributed by atoms with Gasteiger partial charge in [0.05, 0.1) is 12.2 Å². The van der Waals surface area contributed by atoms with Crippen molar-refractivity contribution in [2.45, 2.75) is 26.8 Å². The minimum atomic E-state index is -0.430. The highest BCUT2D eigenvalue weighted by atomic mass is 16.5. The average Bonchev–Trinajstić information content (AvgIpc) is 2.63. The number of carbonyl (C=O) groups is 2. The summed E-state index contributed by atoms with van der Waals surface area (Å²) in [6.45, 7) is 5.31. The second-order valence-electron chi connectivity index (χ2n) is 6.63. The van der Waals surface area contributed by atoms with Crippen molar-refractivity contribution >= 4 is 11.8 Å². The molecule has 0 saturated carbocycles. The van der Waals surface area contributed by atoms with E-state index < -0.39 is 5.91 Å². The summed E-state index contributed by atoms with van der Waals surface area (Å²) in [5.41, 5.74) is 6.77. The molecule has 5 heteroatoms. The molecule has 2 amide bonds. The average molecular weight is 354 g/mol. The van der Waals surface area contributed by atoms with Gasteiger partial charge >= 0.3 is 0 Å². The van der Waals surface area contributed by atoms with Crippen molar-refractivity contribution in [3.8, 4) is 5.75 Å². The number of primary amides is 1. The Balaban J connectivity index is 2.23. The summed E-state index contributed by atoms with van der Waals surface area (Å²) < 4.78 is 5.81. The zero-order valence-electron chi connectivity index (χ0n) is 15.4. The van der Waals surface area contributed by atoms with Crippen LogP contribution >= 0.6 is 0 Å². The SMILES string of the molecule is CC(C)COc1ccccc1C(=O)N(CCC(N)=O)Cc1ccccc1. The maximum Gasteiger partial charge on any atom is 0.257 e. The first-order valence-electron chi connectivity index (χ1n) is 8.80. The monoisotopic (exact) mass is 354 g/mol. The molecule has 0 aliphatic heterocycles. The Kier molecular flexibility index (Phi) is 7.21. The standard InChI is InChI=1S/C21H26N2O3/c1-16(2)15-26-19-11-7-6-10-18(19)21(25)23(13-12-20(22)24)14-17-8-4-3-5-9-17/h3-11,16H,12-15H2,1-2H3,(H2,22,24). The van der Waals surface area contributed by atoms with Gasteiger partial charge in [-0.2, -0.15) is 0 Å². The molecular weight excluding hydrogens is 328 g/mol. The molecule has 0 atom stereocenters. The fraction of sp³-hybridized carbons (Fsp3) is 0.333. The smallest absolute Gasteiger partial charge is 0.257 e. The van der Waals surface area contributed by atoms with Crippen LogP contribution in [0.2, 0.25) is 0 Å². The van der Waals surface area contributed by atoms with Crippen LogP contribution in [0.5, 0.6) is 5.75 Å². The zero-order chi connectivity index (χ0) is 18.9. The molecule has 0 radical (unpaired) electrons. The van der Waals surface area contributed by atoms with Gasteiger partial charge in [0, 0.05) is 19.5 Å². The number of benzene rings is 2. The van der Waals surface area contributed by atoms with Crippen molar-refractivity contribution in [3.05, 3.63) is 65.7 Å². The number of nitrogens with two attached hydrogens (primary N) is 1. The maximum absolute atomic E-state index is 13.1. The summed E-state index contributed by atoms with van der Waals surface area (Å²) >= 11 is 0. The summed E-state index contributed by atoms with van der Waals surface area (Å²) in [6, 6.07) is 16.9. The molecule has 0 unspecified atom stereocenters. The van der Waals surface area contributed by atoms with E-state index in [-0.39, 0.29) is 18.9 Å². The van der Waals surface area contributed by atoms with Crippen molar-refractivity contribution in [2.75, 3.05) is 13.2 Å². The van der Waals surface area contributed by atoms with Crippen LogP contribution in [0.1, 0.15) is 36.2 Å². The highest BCUT2D eigenvalue weighted by Crippen LogP contribution is 2.22. The van der Waals surface area contributed by atoms with Gasteiger partial charge in [0.15, 0.2) is 0 Å². The third-order valence-electron chi connectivity index (χ3n) is 3.82. The Labute approximate surface area is 154 Å². The Morgan fingerprint density at radius 1 is 1.04 bits per heavy atom. The van der Waals surface area contributed by atoms with Gasteiger partial charge in [0.1, 0.15) is 5.75 Å². The number of carbonyl (C=O) groups excluding carboxylic acids is 2. The van der Waals surface area contributed by atoms with E-state index in [1.807, 2.05) is 42.5 Å². The first kappa shape index (κ1) is 19.5. The number of amides is 2. The molecule has 0 aliphatic rings. The van der Waals surface area contributed by atoms with E-state index in [1.54, 1.807) is 17.0 Å². The van der Waals surface area contributed by atoms with Crippen LogP contribution in [-0.4, -0.2) is 29.9 Å². The number of hydrogen-bond acceptors (Lipinski definition) is 3. The summed E-state index contributed by atoms with van der Waals surface area (Å²) in [7, 11) is 0. The Morgan fingerprint density at radius 2 is 1.69 bits per heavy atom. The first-order valence-corrected chi connectivity index (χ1v) is 8.80. The lowest BCUT2D eigenvalue weighted by Gasteiger charge is -2.24. The highest BCUT2D eigenvalue weighted by Gasteiger charge is 2.20. The lowest BCUT2D eigenvalue weighted by molar-refractivity contribution is -0.118. The van der Waals surface area contributed by atoms with Gasteiger partial charge in [0.25, 0.3) is 5.91 Å². The van der Waals surface area contributed by atoms with Crippen molar-refractivity contribution in [2.24, 2.45) is 11.7 Å². The molecule has 0 fully saturated rings. The number of nitrogens with zero attached hydrogens (tertiary/aromatic N) is 1. The van der Waals surface area contributed by atoms with E-state index >= 15 is 0 Å². The topological polar surface area (TPSA) is 72.6 Å². The number of para-hydroxylation sites is 1. The molecule has 2 N–H and O–H groups in total. The highest BCUT2D eigenvalue weighted by molar-refractivity contribution is 5.97. The fourth-order valence-corrected chi connectivity index (χ4v) is 2.50. The minimum Gasteiger partial charge on any atom is -0.492 e. The van der Waals surface area contributed by atoms with Gasteiger partial charge in [-0.3, -0.25) is 9.59 Å². The van der Waals surface area contributed by atoms with Crippen LogP contribution in [0.15, 0.2) is 54.6 Å². The molecule has 2 aromatic carbocycles. The first-order chi connectivity index (χ1) is 12.5. The van der Waals surface area contributed by atoms with Crippen molar-refractivity contribution in [1.82, 2.24) is 4.90 Å². The summed E-state index contributed by atoms with van der Waals surface area (Å²) in [4.78, 5) is 26.0. The predicted octanol–water partition coefficient (Wildman–Crippen LogP) is 3.24. The van der Waals surface area contributed by atoms with Gasteiger partial charge in [-0.05, 0) is 23.6 Å². The zero-order valence-corrected chi connectivity index (χ0v) is 15.4. The van der Waals surface area contributed by atoms with Gasteiger partial charge in [-0.1, -0.05) is 56.3 Å². The van der Waals surface area contributed by atoms with Crippen LogP contribution in [0.3, 0.4) is 0 Å². The van der Waals surface area contributed by atoms with E-state index in [0.717, 1.165) is 5.56 Å².